The first-order valence-electron chi connectivity index (χ1n) is 4.64. The molecule has 0 atom stereocenters. The van der Waals surface area contributed by atoms with E-state index in [1.165, 1.54) is 34.2 Å². The molecule has 1 aromatic heterocycles. The van der Waals surface area contributed by atoms with E-state index in [-0.39, 0.29) is 0 Å². The number of aryl methyl sites for hydroxylation is 1. The Bertz CT molecular complexity index is 336. The summed E-state index contributed by atoms with van der Waals surface area (Å²) in [6, 6.07) is 2.11. The molecule has 0 unspecified atom stereocenters. The molecule has 2 rings (SSSR count). The average Bonchev–Trinajstić information content (AvgIpc) is 2.58. The minimum Gasteiger partial charge on any atom is -0.469 e. The van der Waals surface area contributed by atoms with Crippen molar-refractivity contribution in [3.63, 3.8) is 0 Å². The summed E-state index contributed by atoms with van der Waals surface area (Å²) in [7, 11) is 0. The average molecular weight is 288 g/mol. The molecule has 0 saturated carbocycles. The van der Waals surface area contributed by atoms with Crippen LogP contribution in [0.15, 0.2) is 22.3 Å². The fourth-order valence-corrected chi connectivity index (χ4v) is 2.47. The number of alkyl halides is 1. The van der Waals surface area contributed by atoms with Crippen LogP contribution < -0.4 is 0 Å². The van der Waals surface area contributed by atoms with E-state index < -0.39 is 0 Å². The molecular weight excluding hydrogens is 275 g/mol. The Morgan fingerprint density at radius 2 is 2.31 bits per heavy atom. The second kappa shape index (κ2) is 3.86. The molecule has 1 aromatic rings. The van der Waals surface area contributed by atoms with Gasteiger partial charge in [-0.2, -0.15) is 0 Å². The Labute approximate surface area is 92.3 Å². The topological polar surface area (TPSA) is 13.1 Å². The predicted molar refractivity (Wildman–Crippen MR) is 63.1 cm³/mol. The molecule has 0 aliphatic heterocycles. The van der Waals surface area contributed by atoms with Crippen molar-refractivity contribution in [1.29, 1.82) is 0 Å². The zero-order chi connectivity index (χ0) is 9.26. The van der Waals surface area contributed by atoms with Crippen LogP contribution in [0.25, 0.3) is 5.57 Å². The third-order valence-corrected chi connectivity index (χ3v) is 3.20. The minimum absolute atomic E-state index is 1.08. The lowest BCUT2D eigenvalue weighted by atomic mass is 9.90. The molecular formula is C11H13IO. The molecule has 1 aliphatic carbocycles. The van der Waals surface area contributed by atoms with Gasteiger partial charge in [-0.05, 0) is 31.4 Å². The van der Waals surface area contributed by atoms with E-state index in [1.807, 2.05) is 6.26 Å². The van der Waals surface area contributed by atoms with Gasteiger partial charge in [0.15, 0.2) is 0 Å². The van der Waals surface area contributed by atoms with E-state index in [9.17, 15) is 0 Å². The molecule has 0 saturated heterocycles. The van der Waals surface area contributed by atoms with Crippen LogP contribution in [0.5, 0.6) is 0 Å². The van der Waals surface area contributed by atoms with Gasteiger partial charge in [-0.1, -0.05) is 28.2 Å². The molecule has 1 aliphatic rings. The number of rotatable bonds is 2. The minimum atomic E-state index is 1.08. The number of fused-ring (bicyclic) bond motifs is 1. The largest absolute Gasteiger partial charge is 0.469 e. The van der Waals surface area contributed by atoms with Crippen molar-refractivity contribution in [1.82, 2.24) is 0 Å². The Kier molecular flexibility index (Phi) is 2.77. The van der Waals surface area contributed by atoms with Gasteiger partial charge in [-0.15, -0.1) is 0 Å². The molecule has 1 heterocycles. The third kappa shape index (κ3) is 1.68. The van der Waals surface area contributed by atoms with Gasteiger partial charge < -0.3 is 4.42 Å². The number of hydrogen-bond donors (Lipinski definition) is 0. The van der Waals surface area contributed by atoms with Crippen LogP contribution in [0.1, 0.15) is 31.1 Å². The van der Waals surface area contributed by atoms with Gasteiger partial charge >= 0.3 is 0 Å². The maximum Gasteiger partial charge on any atom is 0.111 e. The van der Waals surface area contributed by atoms with Crippen molar-refractivity contribution in [3.8, 4) is 0 Å². The maximum absolute atomic E-state index is 5.44. The van der Waals surface area contributed by atoms with Crippen molar-refractivity contribution in [2.24, 2.45) is 0 Å². The molecule has 0 fully saturated rings. The van der Waals surface area contributed by atoms with Crippen molar-refractivity contribution in [2.45, 2.75) is 26.2 Å². The lowest BCUT2D eigenvalue weighted by molar-refractivity contribution is 0.504. The first-order chi connectivity index (χ1) is 6.33. The van der Waals surface area contributed by atoms with E-state index >= 15 is 0 Å². The first-order valence-corrected chi connectivity index (χ1v) is 6.17. The highest BCUT2D eigenvalue weighted by Crippen LogP contribution is 2.34. The summed E-state index contributed by atoms with van der Waals surface area (Å²) in [6.07, 6.45) is 5.25. The zero-order valence-electron chi connectivity index (χ0n) is 7.77. The van der Waals surface area contributed by atoms with E-state index in [2.05, 4.69) is 35.6 Å². The Morgan fingerprint density at radius 1 is 1.46 bits per heavy atom. The second-order valence-electron chi connectivity index (χ2n) is 3.46. The van der Waals surface area contributed by atoms with Crippen LogP contribution in [0.2, 0.25) is 0 Å². The summed E-state index contributed by atoms with van der Waals surface area (Å²) in [4.78, 5) is 0. The number of halogens is 1. The standard InChI is InChI=1S/C11H13IO/c1-8-2-3-11-10(5-7-13-11)9(8)4-6-12/h5,7H,2-4,6H2,1H3. The molecule has 1 nitrogen and oxygen atoms in total. The molecule has 0 bridgehead atoms. The van der Waals surface area contributed by atoms with E-state index in [1.54, 1.807) is 5.57 Å². The second-order valence-corrected chi connectivity index (χ2v) is 4.53. The Morgan fingerprint density at radius 3 is 3.08 bits per heavy atom. The highest BCUT2D eigenvalue weighted by atomic mass is 127. The van der Waals surface area contributed by atoms with Gasteiger partial charge in [0.1, 0.15) is 5.76 Å². The fourth-order valence-electron chi connectivity index (χ4n) is 1.93. The van der Waals surface area contributed by atoms with Crippen LogP contribution in [-0.4, -0.2) is 4.43 Å². The van der Waals surface area contributed by atoms with E-state index in [4.69, 9.17) is 4.42 Å². The highest BCUT2D eigenvalue weighted by molar-refractivity contribution is 14.1. The van der Waals surface area contributed by atoms with Crippen LogP contribution >= 0.6 is 22.6 Å². The monoisotopic (exact) mass is 288 g/mol. The lowest BCUT2D eigenvalue weighted by Crippen LogP contribution is -2.01. The third-order valence-electron chi connectivity index (χ3n) is 2.66. The van der Waals surface area contributed by atoms with Gasteiger partial charge in [0.2, 0.25) is 0 Å². The molecule has 13 heavy (non-hydrogen) atoms. The normalized spacial score (nSPS) is 16.2. The van der Waals surface area contributed by atoms with Crippen LogP contribution in [0.3, 0.4) is 0 Å². The molecule has 0 spiro atoms. The summed E-state index contributed by atoms with van der Waals surface area (Å²) in [6.45, 7) is 2.25. The van der Waals surface area contributed by atoms with Crippen molar-refractivity contribution >= 4 is 28.2 Å². The van der Waals surface area contributed by atoms with Gasteiger partial charge in [0.05, 0.1) is 6.26 Å². The van der Waals surface area contributed by atoms with Crippen LogP contribution in [0.4, 0.5) is 0 Å². The van der Waals surface area contributed by atoms with Gasteiger partial charge in [-0.3, -0.25) is 0 Å². The molecule has 70 valence electrons. The molecule has 0 N–H and O–H groups in total. The lowest BCUT2D eigenvalue weighted by Gasteiger charge is -2.16. The van der Waals surface area contributed by atoms with Crippen molar-refractivity contribution < 1.29 is 4.42 Å². The first kappa shape index (κ1) is 9.31. The Hall–Kier alpha value is -0.250. The summed E-state index contributed by atoms with van der Waals surface area (Å²) < 4.78 is 6.63. The molecule has 0 aromatic carbocycles. The van der Waals surface area contributed by atoms with Crippen LogP contribution in [0, 0.1) is 0 Å². The summed E-state index contributed by atoms with van der Waals surface area (Å²) in [5.41, 5.74) is 4.43. The quantitative estimate of drug-likeness (QED) is 0.595. The molecule has 0 amide bonds. The van der Waals surface area contributed by atoms with Crippen LogP contribution in [-0.2, 0) is 6.42 Å². The molecule has 2 heteroatoms. The van der Waals surface area contributed by atoms with Gasteiger partial charge in [0, 0.05) is 16.4 Å². The summed E-state index contributed by atoms with van der Waals surface area (Å²) in [5.74, 6) is 1.19. The van der Waals surface area contributed by atoms with Gasteiger partial charge in [0.25, 0.3) is 0 Å². The summed E-state index contributed by atoms with van der Waals surface area (Å²) in [5, 5.41) is 0. The smallest absolute Gasteiger partial charge is 0.111 e. The predicted octanol–water partition coefficient (Wildman–Crippen LogP) is 3.82. The maximum atomic E-state index is 5.44. The Balaban J connectivity index is 2.40. The zero-order valence-corrected chi connectivity index (χ0v) is 9.93. The van der Waals surface area contributed by atoms with Crippen molar-refractivity contribution in [2.75, 3.05) is 4.43 Å². The number of hydrogen-bond acceptors (Lipinski definition) is 1. The van der Waals surface area contributed by atoms with Gasteiger partial charge in [-0.25, -0.2) is 0 Å². The summed E-state index contributed by atoms with van der Waals surface area (Å²) >= 11 is 2.43. The number of furan rings is 1. The number of allylic oxidation sites excluding steroid dienone is 2. The van der Waals surface area contributed by atoms with E-state index in [0.717, 1.165) is 6.42 Å². The van der Waals surface area contributed by atoms with E-state index in [0.29, 0.717) is 0 Å². The highest BCUT2D eigenvalue weighted by Gasteiger charge is 2.17. The molecule has 0 radical (unpaired) electrons. The van der Waals surface area contributed by atoms with Crippen molar-refractivity contribution in [3.05, 3.63) is 29.2 Å². The fraction of sp³-hybridized carbons (Fsp3) is 0.455. The SMILES string of the molecule is CC1=C(CCI)c2ccoc2CC1.